The number of carbonyl (C=O) groups is 2. The largest absolute Gasteiger partial charge is 0.370 e. The molecule has 47 heavy (non-hydrogen) atoms. The summed E-state index contributed by atoms with van der Waals surface area (Å²) in [5.74, 6) is -1.31. The fourth-order valence-corrected chi connectivity index (χ4v) is 11.9. The Morgan fingerprint density at radius 2 is 0.957 bits per heavy atom. The highest BCUT2D eigenvalue weighted by Gasteiger charge is 2.33. The van der Waals surface area contributed by atoms with Crippen LogP contribution in [0.25, 0.3) is 0 Å². The van der Waals surface area contributed by atoms with Crippen LogP contribution >= 0.6 is 11.6 Å². The molecule has 0 aliphatic rings. The van der Waals surface area contributed by atoms with Crippen molar-refractivity contribution in [3.63, 3.8) is 0 Å². The first-order valence-corrected chi connectivity index (χ1v) is 21.6. The van der Waals surface area contributed by atoms with Gasteiger partial charge in [-0.1, -0.05) is 27.7 Å². The SMILES string of the molecule is CCC(CC)S(=O)(=O)c1cc(C)c(C(=O)Cl)cc1S(C)(=O)=O.CCC(CC)S(=O)(=O)c1cc(C)c(C(=O)N=C(N)N)cc1S(C)(=O)=O. The van der Waals surface area contributed by atoms with Crippen molar-refractivity contribution < 1.29 is 43.3 Å². The van der Waals surface area contributed by atoms with Crippen LogP contribution in [0.4, 0.5) is 0 Å². The van der Waals surface area contributed by atoms with Gasteiger partial charge in [0.05, 0.1) is 30.1 Å². The van der Waals surface area contributed by atoms with E-state index < -0.39 is 71.9 Å². The number of guanidine groups is 1. The lowest BCUT2D eigenvalue weighted by atomic mass is 10.1. The van der Waals surface area contributed by atoms with E-state index >= 15 is 0 Å². The van der Waals surface area contributed by atoms with Gasteiger partial charge < -0.3 is 11.5 Å². The van der Waals surface area contributed by atoms with E-state index in [1.165, 1.54) is 26.0 Å². The van der Waals surface area contributed by atoms with Crippen molar-refractivity contribution in [1.29, 1.82) is 0 Å². The van der Waals surface area contributed by atoms with Crippen LogP contribution in [0.3, 0.4) is 0 Å². The molecule has 0 radical (unpaired) electrons. The number of rotatable bonds is 12. The zero-order valence-electron chi connectivity index (χ0n) is 27.5. The maximum Gasteiger partial charge on any atom is 0.280 e. The van der Waals surface area contributed by atoms with Crippen molar-refractivity contribution in [2.45, 2.75) is 97.3 Å². The van der Waals surface area contributed by atoms with Crippen molar-refractivity contribution in [2.24, 2.45) is 16.5 Å². The first kappa shape index (κ1) is 42.2. The van der Waals surface area contributed by atoms with Gasteiger partial charge >= 0.3 is 0 Å². The molecule has 0 aliphatic carbocycles. The molecule has 0 aliphatic heterocycles. The van der Waals surface area contributed by atoms with Crippen LogP contribution in [0.5, 0.6) is 0 Å². The van der Waals surface area contributed by atoms with Gasteiger partial charge in [0.25, 0.3) is 11.1 Å². The maximum absolute atomic E-state index is 12.9. The molecular weight excluding hydrogens is 714 g/mol. The van der Waals surface area contributed by atoms with Gasteiger partial charge in [-0.2, -0.15) is 4.99 Å². The minimum atomic E-state index is -3.91. The summed E-state index contributed by atoms with van der Waals surface area (Å²) in [5, 5.41) is -2.22. The minimum Gasteiger partial charge on any atom is -0.370 e. The molecule has 4 N–H and O–H groups in total. The fourth-order valence-electron chi connectivity index (χ4n) is 4.78. The van der Waals surface area contributed by atoms with Crippen molar-refractivity contribution in [2.75, 3.05) is 12.5 Å². The predicted molar refractivity (Wildman–Crippen MR) is 182 cm³/mol. The highest BCUT2D eigenvalue weighted by Crippen LogP contribution is 2.32. The van der Waals surface area contributed by atoms with Gasteiger partial charge in [0.1, 0.15) is 0 Å². The number of hydrogen-bond donors (Lipinski definition) is 2. The number of benzene rings is 2. The number of aliphatic imine (C=N–C) groups is 1. The van der Waals surface area contributed by atoms with Gasteiger partial charge in [-0.05, 0) is 86.5 Å². The molecule has 0 heterocycles. The van der Waals surface area contributed by atoms with E-state index in [4.69, 9.17) is 23.1 Å². The van der Waals surface area contributed by atoms with Crippen molar-refractivity contribution in [3.8, 4) is 0 Å². The Balaban J connectivity index is 0.000000474. The number of halogens is 1. The molecule has 2 rings (SSSR count). The van der Waals surface area contributed by atoms with Crippen LogP contribution < -0.4 is 11.5 Å². The molecule has 0 atom stereocenters. The Morgan fingerprint density at radius 1 is 0.638 bits per heavy atom. The minimum absolute atomic E-state index is 0.00871. The Kier molecular flexibility index (Phi) is 14.4. The number of sulfone groups is 4. The van der Waals surface area contributed by atoms with Crippen molar-refractivity contribution in [3.05, 3.63) is 46.5 Å². The van der Waals surface area contributed by atoms with E-state index in [1.807, 2.05) is 0 Å². The normalized spacial score (nSPS) is 12.4. The molecule has 0 spiro atoms. The highest BCUT2D eigenvalue weighted by molar-refractivity contribution is 7.95. The first-order chi connectivity index (χ1) is 21.3. The standard InChI is InChI=1S/C15H23N3O5S2.C14H19ClO5S2/c1-5-10(6-2)25(22,23)13-7-9(3)11(14(19)18-15(16)17)8-12(13)24(4,20)21;1-5-10(6-2)22(19,20)13-7-9(3)11(14(15)16)8-12(13)21(4,17)18/h7-8,10H,5-6H2,1-4H3,(H4,16,17,18,19);7-8,10H,5-6H2,1-4H3. The van der Waals surface area contributed by atoms with E-state index in [1.54, 1.807) is 27.7 Å². The van der Waals surface area contributed by atoms with E-state index in [2.05, 4.69) is 4.99 Å². The molecule has 264 valence electrons. The van der Waals surface area contributed by atoms with E-state index in [-0.39, 0.29) is 31.4 Å². The Morgan fingerprint density at radius 3 is 1.23 bits per heavy atom. The van der Waals surface area contributed by atoms with Gasteiger partial charge in [-0.3, -0.25) is 9.59 Å². The number of carbonyl (C=O) groups excluding carboxylic acids is 2. The maximum atomic E-state index is 12.9. The molecular formula is C29H42ClN3O10S4. The van der Waals surface area contributed by atoms with Gasteiger partial charge in [0, 0.05) is 23.6 Å². The molecule has 0 bridgehead atoms. The molecule has 0 aromatic heterocycles. The smallest absolute Gasteiger partial charge is 0.280 e. The molecule has 0 saturated carbocycles. The lowest BCUT2D eigenvalue weighted by Crippen LogP contribution is -2.25. The summed E-state index contributed by atoms with van der Waals surface area (Å²) in [7, 11) is -15.4. The van der Waals surface area contributed by atoms with Crippen LogP contribution in [0.1, 0.15) is 85.2 Å². The third-order valence-corrected chi connectivity index (χ3v) is 15.1. The Bertz CT molecular complexity index is 2000. The topological polar surface area (TPSA) is 235 Å². The van der Waals surface area contributed by atoms with E-state index in [0.717, 1.165) is 24.6 Å². The predicted octanol–water partition coefficient (Wildman–Crippen LogP) is 3.51. The summed E-state index contributed by atoms with van der Waals surface area (Å²) in [4.78, 5) is 25.4. The third-order valence-electron chi connectivity index (χ3n) is 7.37. The Labute approximate surface area is 282 Å². The van der Waals surface area contributed by atoms with Crippen LogP contribution in [0.15, 0.2) is 48.8 Å². The summed E-state index contributed by atoms with van der Waals surface area (Å²) in [6.07, 6.45) is 3.23. The summed E-state index contributed by atoms with van der Waals surface area (Å²) in [6, 6.07) is 4.49. The molecule has 1 amide bonds. The van der Waals surface area contributed by atoms with Crippen molar-refractivity contribution in [1.82, 2.24) is 0 Å². The fraction of sp³-hybridized carbons (Fsp3) is 0.483. The van der Waals surface area contributed by atoms with E-state index in [9.17, 15) is 43.3 Å². The molecule has 0 fully saturated rings. The first-order valence-electron chi connectivity index (χ1n) is 14.3. The van der Waals surface area contributed by atoms with Gasteiger partial charge in [0.15, 0.2) is 45.3 Å². The van der Waals surface area contributed by atoms with Crippen molar-refractivity contribution >= 4 is 68.1 Å². The molecule has 2 aromatic rings. The van der Waals surface area contributed by atoms with E-state index in [0.29, 0.717) is 31.2 Å². The van der Waals surface area contributed by atoms with Gasteiger partial charge in [0.2, 0.25) is 0 Å². The quantitative estimate of drug-likeness (QED) is 0.180. The summed E-state index contributed by atoms with van der Waals surface area (Å²) >= 11 is 5.43. The molecule has 2 aromatic carbocycles. The van der Waals surface area contributed by atoms with Gasteiger partial charge in [-0.15, -0.1) is 0 Å². The molecule has 0 unspecified atom stereocenters. The van der Waals surface area contributed by atoms with Crippen LogP contribution in [-0.4, -0.2) is 73.8 Å². The lowest BCUT2D eigenvalue weighted by Gasteiger charge is -2.18. The number of nitrogens with zero attached hydrogens (tertiary/aromatic N) is 1. The Hall–Kier alpha value is -2.86. The second kappa shape index (κ2) is 16.0. The number of nitrogens with two attached hydrogens (primary N) is 2. The second-order valence-corrected chi connectivity index (χ2v) is 19.6. The zero-order valence-corrected chi connectivity index (χ0v) is 31.5. The lowest BCUT2D eigenvalue weighted by molar-refractivity contribution is 0.100. The number of hydrogen-bond acceptors (Lipinski definition) is 10. The molecule has 13 nitrogen and oxygen atoms in total. The average Bonchev–Trinajstić information content (AvgIpc) is 2.92. The zero-order chi connectivity index (χ0) is 36.9. The third kappa shape index (κ3) is 10.1. The second-order valence-electron chi connectivity index (χ2n) is 10.9. The highest BCUT2D eigenvalue weighted by atomic mass is 35.5. The van der Waals surface area contributed by atoms with Gasteiger partial charge in [-0.25, -0.2) is 33.7 Å². The summed E-state index contributed by atoms with van der Waals surface area (Å²) in [6.45, 7) is 9.91. The summed E-state index contributed by atoms with van der Waals surface area (Å²) < 4.78 is 99.4. The molecule has 0 saturated heterocycles. The summed E-state index contributed by atoms with van der Waals surface area (Å²) in [5.41, 5.74) is 10.9. The average molecular weight is 756 g/mol. The van der Waals surface area contributed by atoms with Crippen LogP contribution in [0, 0.1) is 13.8 Å². The van der Waals surface area contributed by atoms with Crippen LogP contribution in [-0.2, 0) is 39.3 Å². The monoisotopic (exact) mass is 755 g/mol. The van der Waals surface area contributed by atoms with Crippen LogP contribution in [0.2, 0.25) is 0 Å². The molecule has 18 heteroatoms. The number of aryl methyl sites for hydroxylation is 2. The number of amides is 1.